The minimum atomic E-state index is -4.67. The highest BCUT2D eigenvalue weighted by Crippen LogP contribution is 2.38. The Morgan fingerprint density at radius 1 is 1.06 bits per heavy atom. The fourth-order valence-electron chi connectivity index (χ4n) is 3.24. The maximum absolute atomic E-state index is 14.8. The highest BCUT2D eigenvalue weighted by molar-refractivity contribution is 5.89. The molecule has 0 atom stereocenters. The summed E-state index contributed by atoms with van der Waals surface area (Å²) in [6, 6.07) is 5.33. The number of halogens is 7. The van der Waals surface area contributed by atoms with Crippen molar-refractivity contribution in [2.45, 2.75) is 46.7 Å². The van der Waals surface area contributed by atoms with E-state index in [9.17, 15) is 30.7 Å². The third-order valence-electron chi connectivity index (χ3n) is 4.28. The first-order valence-corrected chi connectivity index (χ1v) is 9.20. The zero-order valence-electron chi connectivity index (χ0n) is 17.1. The average Bonchev–Trinajstić information content (AvgIpc) is 2.94. The summed E-state index contributed by atoms with van der Waals surface area (Å²) in [5.41, 5.74) is 5.61. The van der Waals surface area contributed by atoms with E-state index in [1.165, 1.54) is 24.3 Å². The highest BCUT2D eigenvalue weighted by atomic mass is 19.4. The van der Waals surface area contributed by atoms with Crippen LogP contribution in [0.25, 0.3) is 22.0 Å². The van der Waals surface area contributed by atoms with E-state index < -0.39 is 24.4 Å². The lowest BCUT2D eigenvalue weighted by Crippen LogP contribution is -2.14. The smallest absolute Gasteiger partial charge is 0.347 e. The Hall–Kier alpha value is -2.62. The van der Waals surface area contributed by atoms with Crippen molar-refractivity contribution in [3.63, 3.8) is 0 Å². The lowest BCUT2D eigenvalue weighted by molar-refractivity contribution is -0.140. The summed E-state index contributed by atoms with van der Waals surface area (Å²) in [7, 11) is 0. The molecule has 31 heavy (non-hydrogen) atoms. The number of fused-ring (bicyclic) bond motifs is 1. The molecule has 0 bridgehead atoms. The van der Waals surface area contributed by atoms with Gasteiger partial charge in [0, 0.05) is 47.5 Å². The molecule has 0 aliphatic carbocycles. The van der Waals surface area contributed by atoms with Gasteiger partial charge in [-0.15, -0.1) is 0 Å². The molecule has 1 aromatic carbocycles. The van der Waals surface area contributed by atoms with Gasteiger partial charge >= 0.3 is 12.9 Å². The molecule has 0 saturated heterocycles. The fraction of sp³-hybridized carbons (Fsp3) is 0.381. The molecule has 3 rings (SSSR count). The topological polar surface area (TPSA) is 43.8 Å². The zero-order valence-corrected chi connectivity index (χ0v) is 17.1. The van der Waals surface area contributed by atoms with Gasteiger partial charge in [-0.2, -0.15) is 26.3 Å². The van der Waals surface area contributed by atoms with Crippen molar-refractivity contribution >= 4 is 10.9 Å². The minimum absolute atomic E-state index is 0.0716. The van der Waals surface area contributed by atoms with E-state index in [1.807, 2.05) is 31.5 Å². The predicted molar refractivity (Wildman–Crippen MR) is 105 cm³/mol. The number of pyridine rings is 1. The van der Waals surface area contributed by atoms with Gasteiger partial charge in [0.2, 0.25) is 0 Å². The van der Waals surface area contributed by atoms with Crippen LogP contribution in [0.2, 0.25) is 0 Å². The van der Waals surface area contributed by atoms with E-state index in [0.29, 0.717) is 17.4 Å². The van der Waals surface area contributed by atoms with Crippen LogP contribution in [-0.4, -0.2) is 16.2 Å². The number of benzene rings is 1. The Kier molecular flexibility index (Phi) is 7.36. The highest BCUT2D eigenvalue weighted by Gasteiger charge is 2.36. The Morgan fingerprint density at radius 3 is 2.19 bits per heavy atom. The summed E-state index contributed by atoms with van der Waals surface area (Å²) >= 11 is 0. The molecule has 170 valence electrons. The molecule has 2 heterocycles. The van der Waals surface area contributed by atoms with E-state index in [-0.39, 0.29) is 23.1 Å². The molecular weight excluding hydrogens is 427 g/mol. The molecule has 2 N–H and O–H groups in total. The summed E-state index contributed by atoms with van der Waals surface area (Å²) in [5.74, 6) is -0.732. The summed E-state index contributed by atoms with van der Waals surface area (Å²) < 4.78 is 85.7. The Balaban J connectivity index is 0.000000785. The predicted octanol–water partition coefficient (Wildman–Crippen LogP) is 6.54. The van der Waals surface area contributed by atoms with Gasteiger partial charge in [0.1, 0.15) is 5.82 Å². The van der Waals surface area contributed by atoms with E-state index in [2.05, 4.69) is 4.98 Å². The normalized spacial score (nSPS) is 12.3. The zero-order chi connectivity index (χ0) is 23.6. The van der Waals surface area contributed by atoms with Crippen molar-refractivity contribution in [3.8, 4) is 11.1 Å². The molecule has 0 radical (unpaired) electrons. The number of rotatable bonds is 3. The Bertz CT molecular complexity index is 1030. The molecule has 0 unspecified atom stereocenters. The Morgan fingerprint density at radius 2 is 1.68 bits per heavy atom. The number of aromatic nitrogens is 2. The third kappa shape index (κ3) is 6.19. The second-order valence-electron chi connectivity index (χ2n) is 8.04. The largest absolute Gasteiger partial charge is 0.433 e. The first kappa shape index (κ1) is 24.6. The molecule has 0 aliphatic heterocycles. The molecule has 0 fully saturated rings. The SMILES string of the molecule is CC(C)(C)Cn1cc(CN)c2cc(F)c(-c3cccnc3C(F)(F)F)cc21.FC(F)F. The van der Waals surface area contributed by atoms with Crippen LogP contribution in [0.1, 0.15) is 32.0 Å². The van der Waals surface area contributed by atoms with Crippen molar-refractivity contribution in [2.75, 3.05) is 0 Å². The van der Waals surface area contributed by atoms with Crippen molar-refractivity contribution < 1.29 is 30.7 Å². The molecule has 3 aromatic rings. The molecule has 0 aliphatic rings. The van der Waals surface area contributed by atoms with Gasteiger partial charge < -0.3 is 10.3 Å². The van der Waals surface area contributed by atoms with Crippen molar-refractivity contribution in [3.05, 3.63) is 53.7 Å². The first-order chi connectivity index (χ1) is 14.2. The van der Waals surface area contributed by atoms with Crippen LogP contribution in [0.4, 0.5) is 30.7 Å². The molecule has 10 heteroatoms. The molecule has 3 nitrogen and oxygen atoms in total. The van der Waals surface area contributed by atoms with Crippen LogP contribution >= 0.6 is 0 Å². The number of nitrogens with two attached hydrogens (primary N) is 1. The van der Waals surface area contributed by atoms with Gasteiger partial charge in [-0.1, -0.05) is 26.8 Å². The van der Waals surface area contributed by atoms with E-state index in [1.54, 1.807) is 0 Å². The maximum Gasteiger partial charge on any atom is 0.433 e. The standard InChI is InChI=1S/C20H21F4N3.CHF3/c1-19(2,3)11-27-10-12(9-25)14-7-16(21)15(8-17(14)27)13-5-4-6-26-18(13)20(22,23)24;2-1(3)4/h4-8,10H,9,11,25H2,1-3H3;1H. The number of hydrogen-bond donors (Lipinski definition) is 1. The van der Waals surface area contributed by atoms with E-state index >= 15 is 0 Å². The molecule has 0 amide bonds. The van der Waals surface area contributed by atoms with Crippen LogP contribution in [0.5, 0.6) is 0 Å². The monoisotopic (exact) mass is 449 g/mol. The molecular formula is C21H22F7N3. The summed E-state index contributed by atoms with van der Waals surface area (Å²) in [4.78, 5) is 3.43. The number of alkyl halides is 6. The number of nitrogens with zero attached hydrogens (tertiary/aromatic N) is 2. The van der Waals surface area contributed by atoms with Crippen LogP contribution in [-0.2, 0) is 19.3 Å². The van der Waals surface area contributed by atoms with Crippen LogP contribution in [0, 0.1) is 11.2 Å². The maximum atomic E-state index is 14.8. The second-order valence-corrected chi connectivity index (χ2v) is 8.04. The first-order valence-electron chi connectivity index (χ1n) is 9.20. The fourth-order valence-corrected chi connectivity index (χ4v) is 3.24. The quantitative estimate of drug-likeness (QED) is 0.461. The van der Waals surface area contributed by atoms with Crippen molar-refractivity contribution in [1.82, 2.24) is 9.55 Å². The molecule has 0 spiro atoms. The van der Waals surface area contributed by atoms with Crippen molar-refractivity contribution in [2.24, 2.45) is 11.1 Å². The Labute approximate surface area is 174 Å². The van der Waals surface area contributed by atoms with Gasteiger partial charge in [-0.3, -0.25) is 4.98 Å². The lowest BCUT2D eigenvalue weighted by atomic mass is 9.96. The van der Waals surface area contributed by atoms with Crippen LogP contribution < -0.4 is 5.73 Å². The van der Waals surface area contributed by atoms with Gasteiger partial charge in [-0.25, -0.2) is 4.39 Å². The van der Waals surface area contributed by atoms with Gasteiger partial charge in [0.15, 0.2) is 5.69 Å². The van der Waals surface area contributed by atoms with E-state index in [0.717, 1.165) is 11.8 Å². The van der Waals surface area contributed by atoms with E-state index in [4.69, 9.17) is 5.73 Å². The van der Waals surface area contributed by atoms with Crippen LogP contribution in [0.15, 0.2) is 36.7 Å². The summed E-state index contributed by atoms with van der Waals surface area (Å²) in [6.07, 6.45) is -1.78. The third-order valence-corrected chi connectivity index (χ3v) is 4.28. The lowest BCUT2D eigenvalue weighted by Gasteiger charge is -2.20. The summed E-state index contributed by atoms with van der Waals surface area (Å²) in [6.45, 7) is 3.32. The summed E-state index contributed by atoms with van der Waals surface area (Å²) in [5, 5.41) is 0.612. The van der Waals surface area contributed by atoms with Crippen LogP contribution in [0.3, 0.4) is 0 Å². The second kappa shape index (κ2) is 9.25. The molecule has 0 saturated carbocycles. The van der Waals surface area contributed by atoms with Gasteiger partial charge in [0.05, 0.1) is 0 Å². The van der Waals surface area contributed by atoms with Crippen molar-refractivity contribution in [1.29, 1.82) is 0 Å². The van der Waals surface area contributed by atoms with Gasteiger partial charge in [0.25, 0.3) is 0 Å². The van der Waals surface area contributed by atoms with Gasteiger partial charge in [-0.05, 0) is 29.2 Å². The number of hydrogen-bond acceptors (Lipinski definition) is 2. The molecule has 2 aromatic heterocycles. The minimum Gasteiger partial charge on any atom is -0.347 e. The average molecular weight is 449 g/mol.